The first-order chi connectivity index (χ1) is 12.3. The fraction of sp³-hybridized carbons (Fsp3) is 0.682. The largest absolute Gasteiger partial charge is 0.427 e. The molecule has 3 heteroatoms. The molecule has 1 aromatic rings. The maximum absolute atomic E-state index is 11.7. The van der Waals surface area contributed by atoms with Crippen LogP contribution in [0.25, 0.3) is 0 Å². The third kappa shape index (κ3) is 13.9. The van der Waals surface area contributed by atoms with Crippen LogP contribution in [0.2, 0.25) is 0 Å². The fourth-order valence-corrected chi connectivity index (χ4v) is 3.22. The standard InChI is InChI=1S/C22H36O2S/c23-22(24-21-17-13-12-14-18-21)19-15-10-8-6-4-2-1-3-5-7-9-11-16-20-25/h12-14,17-18,25H,1-11,15-16,19-20H2. The van der Waals surface area contributed by atoms with Gasteiger partial charge >= 0.3 is 5.97 Å². The minimum atomic E-state index is -0.111. The van der Waals surface area contributed by atoms with Crippen LogP contribution in [0.3, 0.4) is 0 Å². The zero-order valence-corrected chi connectivity index (χ0v) is 16.7. The van der Waals surface area contributed by atoms with Crippen LogP contribution in [0.1, 0.15) is 89.9 Å². The molecule has 0 fully saturated rings. The van der Waals surface area contributed by atoms with Gasteiger partial charge in [-0.2, -0.15) is 12.6 Å². The molecule has 0 aromatic heterocycles. The lowest BCUT2D eigenvalue weighted by Crippen LogP contribution is -2.07. The Morgan fingerprint density at radius 1 is 0.680 bits per heavy atom. The second kappa shape index (κ2) is 16.5. The first-order valence-electron chi connectivity index (χ1n) is 10.2. The van der Waals surface area contributed by atoms with Gasteiger partial charge < -0.3 is 4.74 Å². The third-order valence-electron chi connectivity index (χ3n) is 4.51. The minimum Gasteiger partial charge on any atom is -0.427 e. The van der Waals surface area contributed by atoms with Crippen molar-refractivity contribution in [3.05, 3.63) is 30.3 Å². The van der Waals surface area contributed by atoms with E-state index in [-0.39, 0.29) is 5.97 Å². The molecule has 0 spiro atoms. The topological polar surface area (TPSA) is 26.3 Å². The van der Waals surface area contributed by atoms with Crippen molar-refractivity contribution in [3.8, 4) is 5.75 Å². The normalized spacial score (nSPS) is 10.8. The monoisotopic (exact) mass is 364 g/mol. The second-order valence-electron chi connectivity index (χ2n) is 6.86. The molecular formula is C22H36O2S. The van der Waals surface area contributed by atoms with Gasteiger partial charge in [0.25, 0.3) is 0 Å². The number of hydrogen-bond donors (Lipinski definition) is 1. The van der Waals surface area contributed by atoms with E-state index in [0.29, 0.717) is 12.2 Å². The van der Waals surface area contributed by atoms with Crippen LogP contribution in [-0.2, 0) is 4.79 Å². The molecule has 142 valence electrons. The van der Waals surface area contributed by atoms with Gasteiger partial charge in [-0.25, -0.2) is 0 Å². The van der Waals surface area contributed by atoms with Crippen LogP contribution < -0.4 is 4.74 Å². The van der Waals surface area contributed by atoms with Crippen LogP contribution >= 0.6 is 12.6 Å². The predicted octanol–water partition coefficient (Wildman–Crippen LogP) is 6.98. The number of carbonyl (C=O) groups is 1. The molecule has 0 amide bonds. The van der Waals surface area contributed by atoms with Crippen molar-refractivity contribution in [2.24, 2.45) is 0 Å². The molecule has 1 rings (SSSR count). The molecule has 2 nitrogen and oxygen atoms in total. The number of unbranched alkanes of at least 4 members (excludes halogenated alkanes) is 12. The van der Waals surface area contributed by atoms with Gasteiger partial charge in [0.05, 0.1) is 0 Å². The van der Waals surface area contributed by atoms with Gasteiger partial charge in [-0.15, -0.1) is 0 Å². The first-order valence-corrected chi connectivity index (χ1v) is 10.8. The summed E-state index contributed by atoms with van der Waals surface area (Å²) in [7, 11) is 0. The molecule has 0 saturated carbocycles. The summed E-state index contributed by atoms with van der Waals surface area (Å²) in [5.74, 6) is 1.57. The Labute approximate surface area is 160 Å². The molecule has 0 radical (unpaired) electrons. The van der Waals surface area contributed by atoms with Crippen LogP contribution in [0.5, 0.6) is 5.75 Å². The Balaban J connectivity index is 1.79. The van der Waals surface area contributed by atoms with Crippen molar-refractivity contribution in [2.45, 2.75) is 89.9 Å². The van der Waals surface area contributed by atoms with Gasteiger partial charge in [0.1, 0.15) is 5.75 Å². The maximum atomic E-state index is 11.7. The summed E-state index contributed by atoms with van der Waals surface area (Å²) in [5, 5.41) is 0. The van der Waals surface area contributed by atoms with Crippen LogP contribution in [0.15, 0.2) is 30.3 Å². The predicted molar refractivity (Wildman–Crippen MR) is 111 cm³/mol. The summed E-state index contributed by atoms with van der Waals surface area (Å²) in [4.78, 5) is 11.7. The Morgan fingerprint density at radius 3 is 1.60 bits per heavy atom. The van der Waals surface area contributed by atoms with E-state index in [1.54, 1.807) is 0 Å². The van der Waals surface area contributed by atoms with Crippen LogP contribution in [0, 0.1) is 0 Å². The summed E-state index contributed by atoms with van der Waals surface area (Å²) < 4.78 is 5.29. The van der Waals surface area contributed by atoms with Crippen molar-refractivity contribution in [3.63, 3.8) is 0 Å². The Bertz CT molecular complexity index is 419. The number of para-hydroxylation sites is 1. The molecule has 0 N–H and O–H groups in total. The van der Waals surface area contributed by atoms with E-state index in [9.17, 15) is 4.79 Å². The number of thiol groups is 1. The average molecular weight is 365 g/mol. The molecule has 0 atom stereocenters. The molecule has 0 heterocycles. The van der Waals surface area contributed by atoms with Gasteiger partial charge in [-0.1, -0.05) is 88.8 Å². The third-order valence-corrected chi connectivity index (χ3v) is 4.83. The molecular weight excluding hydrogens is 328 g/mol. The average Bonchev–Trinajstić information content (AvgIpc) is 2.63. The Kier molecular flexibility index (Phi) is 14.6. The van der Waals surface area contributed by atoms with Crippen molar-refractivity contribution in [1.29, 1.82) is 0 Å². The van der Waals surface area contributed by atoms with Gasteiger partial charge in [0.2, 0.25) is 0 Å². The van der Waals surface area contributed by atoms with Gasteiger partial charge in [-0.3, -0.25) is 4.79 Å². The quantitative estimate of drug-likeness (QED) is 0.148. The van der Waals surface area contributed by atoms with E-state index in [1.165, 1.54) is 70.6 Å². The SMILES string of the molecule is O=C(CCCCCCCCCCCCCCCS)Oc1ccccc1. The summed E-state index contributed by atoms with van der Waals surface area (Å²) in [6.07, 6.45) is 17.4. The van der Waals surface area contributed by atoms with E-state index in [2.05, 4.69) is 12.6 Å². The van der Waals surface area contributed by atoms with Crippen molar-refractivity contribution in [1.82, 2.24) is 0 Å². The molecule has 0 bridgehead atoms. The first kappa shape index (κ1) is 22.1. The van der Waals surface area contributed by atoms with Crippen LogP contribution in [-0.4, -0.2) is 11.7 Å². The smallest absolute Gasteiger partial charge is 0.311 e. The molecule has 1 aromatic carbocycles. The molecule has 0 aliphatic carbocycles. The van der Waals surface area contributed by atoms with E-state index in [4.69, 9.17) is 4.74 Å². The Morgan fingerprint density at radius 2 is 1.12 bits per heavy atom. The number of rotatable bonds is 16. The lowest BCUT2D eigenvalue weighted by molar-refractivity contribution is -0.134. The van der Waals surface area contributed by atoms with E-state index >= 15 is 0 Å². The van der Waals surface area contributed by atoms with Crippen molar-refractivity contribution < 1.29 is 9.53 Å². The van der Waals surface area contributed by atoms with E-state index in [0.717, 1.165) is 18.6 Å². The maximum Gasteiger partial charge on any atom is 0.311 e. The molecule has 0 saturated heterocycles. The van der Waals surface area contributed by atoms with Gasteiger partial charge in [-0.05, 0) is 30.7 Å². The Hall–Kier alpha value is -0.960. The molecule has 0 unspecified atom stereocenters. The number of hydrogen-bond acceptors (Lipinski definition) is 3. The summed E-state index contributed by atoms with van der Waals surface area (Å²) in [6, 6.07) is 9.32. The fourth-order valence-electron chi connectivity index (χ4n) is 3.00. The summed E-state index contributed by atoms with van der Waals surface area (Å²) in [6.45, 7) is 0. The highest BCUT2D eigenvalue weighted by atomic mass is 32.1. The number of ether oxygens (including phenoxy) is 1. The van der Waals surface area contributed by atoms with Crippen molar-refractivity contribution in [2.75, 3.05) is 5.75 Å². The zero-order valence-electron chi connectivity index (χ0n) is 15.8. The van der Waals surface area contributed by atoms with E-state index in [1.807, 2.05) is 30.3 Å². The highest BCUT2D eigenvalue weighted by Gasteiger charge is 2.03. The highest BCUT2D eigenvalue weighted by molar-refractivity contribution is 7.80. The van der Waals surface area contributed by atoms with Crippen LogP contribution in [0.4, 0.5) is 0 Å². The molecule has 0 aliphatic rings. The summed E-state index contributed by atoms with van der Waals surface area (Å²) in [5.41, 5.74) is 0. The van der Waals surface area contributed by atoms with Gasteiger partial charge in [0.15, 0.2) is 0 Å². The van der Waals surface area contributed by atoms with Gasteiger partial charge in [0, 0.05) is 6.42 Å². The summed E-state index contributed by atoms with van der Waals surface area (Å²) >= 11 is 4.24. The lowest BCUT2D eigenvalue weighted by atomic mass is 10.0. The van der Waals surface area contributed by atoms with E-state index < -0.39 is 0 Å². The second-order valence-corrected chi connectivity index (χ2v) is 7.30. The lowest BCUT2D eigenvalue weighted by Gasteiger charge is -2.04. The minimum absolute atomic E-state index is 0.111. The molecule has 25 heavy (non-hydrogen) atoms. The highest BCUT2D eigenvalue weighted by Crippen LogP contribution is 2.14. The number of benzene rings is 1. The molecule has 0 aliphatic heterocycles. The number of esters is 1. The van der Waals surface area contributed by atoms with Crippen molar-refractivity contribution >= 4 is 18.6 Å². The number of carbonyl (C=O) groups excluding carboxylic acids is 1. The zero-order chi connectivity index (χ0) is 18.0.